The molecule has 3 aromatic rings. The average molecular weight is 365 g/mol. The summed E-state index contributed by atoms with van der Waals surface area (Å²) in [5.74, 6) is -0.237. The molecular weight excluding hydrogens is 351 g/mol. The maximum atomic E-state index is 13.2. The van der Waals surface area contributed by atoms with E-state index in [4.69, 9.17) is 0 Å². The van der Waals surface area contributed by atoms with Gasteiger partial charge in [0.25, 0.3) is 0 Å². The number of anilines is 1. The Hall–Kier alpha value is -1.46. The SMILES string of the molecule is Cc1nc2ccc(NC(C)c3ccc(F)cc3Br)cc2s1. The van der Waals surface area contributed by atoms with Gasteiger partial charge in [-0.25, -0.2) is 9.37 Å². The molecule has 0 aliphatic rings. The van der Waals surface area contributed by atoms with Gasteiger partial charge in [-0.15, -0.1) is 11.3 Å². The van der Waals surface area contributed by atoms with Crippen LogP contribution in [0, 0.1) is 12.7 Å². The third kappa shape index (κ3) is 3.09. The van der Waals surface area contributed by atoms with E-state index in [0.717, 1.165) is 26.2 Å². The van der Waals surface area contributed by atoms with Crippen molar-refractivity contribution in [1.29, 1.82) is 0 Å². The highest BCUT2D eigenvalue weighted by Gasteiger charge is 2.11. The molecule has 5 heteroatoms. The topological polar surface area (TPSA) is 24.9 Å². The molecule has 2 nitrogen and oxygen atoms in total. The number of thiazole rings is 1. The molecule has 0 fully saturated rings. The molecule has 0 aliphatic carbocycles. The number of rotatable bonds is 3. The first kappa shape index (κ1) is 14.5. The number of hydrogen-bond acceptors (Lipinski definition) is 3. The van der Waals surface area contributed by atoms with Gasteiger partial charge < -0.3 is 5.32 Å². The van der Waals surface area contributed by atoms with Crippen molar-refractivity contribution in [2.75, 3.05) is 5.32 Å². The molecule has 1 atom stereocenters. The first-order valence-electron chi connectivity index (χ1n) is 6.61. The van der Waals surface area contributed by atoms with Crippen molar-refractivity contribution in [2.24, 2.45) is 0 Å². The van der Waals surface area contributed by atoms with Crippen molar-refractivity contribution >= 4 is 43.2 Å². The highest BCUT2D eigenvalue weighted by atomic mass is 79.9. The van der Waals surface area contributed by atoms with Crippen LogP contribution in [0.25, 0.3) is 10.2 Å². The van der Waals surface area contributed by atoms with Gasteiger partial charge in [0.1, 0.15) is 5.82 Å². The lowest BCUT2D eigenvalue weighted by Crippen LogP contribution is -2.07. The molecule has 2 aromatic carbocycles. The predicted molar refractivity (Wildman–Crippen MR) is 90.5 cm³/mol. The second-order valence-corrected chi connectivity index (χ2v) is 7.04. The van der Waals surface area contributed by atoms with Crippen LogP contribution < -0.4 is 5.32 Å². The maximum absolute atomic E-state index is 13.2. The van der Waals surface area contributed by atoms with E-state index < -0.39 is 0 Å². The number of halogens is 2. The number of nitrogens with zero attached hydrogens (tertiary/aromatic N) is 1. The third-order valence-electron chi connectivity index (χ3n) is 3.31. The van der Waals surface area contributed by atoms with Crippen LogP contribution in [-0.4, -0.2) is 4.98 Å². The summed E-state index contributed by atoms with van der Waals surface area (Å²) < 4.78 is 15.1. The molecule has 1 N–H and O–H groups in total. The fourth-order valence-corrected chi connectivity index (χ4v) is 3.87. The summed E-state index contributed by atoms with van der Waals surface area (Å²) in [6, 6.07) is 11.0. The van der Waals surface area contributed by atoms with E-state index in [0.29, 0.717) is 0 Å². The molecule has 1 heterocycles. The molecule has 0 aliphatic heterocycles. The fraction of sp³-hybridized carbons (Fsp3) is 0.188. The van der Waals surface area contributed by atoms with E-state index in [1.54, 1.807) is 17.4 Å². The van der Waals surface area contributed by atoms with Crippen molar-refractivity contribution in [2.45, 2.75) is 19.9 Å². The second-order valence-electron chi connectivity index (χ2n) is 4.95. The normalized spacial score (nSPS) is 12.6. The summed E-state index contributed by atoms with van der Waals surface area (Å²) in [7, 11) is 0. The Balaban J connectivity index is 1.86. The molecule has 108 valence electrons. The second kappa shape index (κ2) is 5.73. The van der Waals surface area contributed by atoms with Gasteiger partial charge in [0, 0.05) is 16.2 Å². The Kier molecular flexibility index (Phi) is 3.95. The summed E-state index contributed by atoms with van der Waals surface area (Å²) in [5, 5.41) is 4.51. The highest BCUT2D eigenvalue weighted by Crippen LogP contribution is 2.29. The zero-order valence-corrected chi connectivity index (χ0v) is 14.1. The Morgan fingerprint density at radius 2 is 2.05 bits per heavy atom. The minimum absolute atomic E-state index is 0.0754. The Labute approximate surface area is 135 Å². The van der Waals surface area contributed by atoms with Crippen molar-refractivity contribution in [3.8, 4) is 0 Å². The molecular formula is C16H14BrFN2S. The molecule has 0 bridgehead atoms. The Morgan fingerprint density at radius 3 is 2.81 bits per heavy atom. The van der Waals surface area contributed by atoms with Crippen LogP contribution in [0.15, 0.2) is 40.9 Å². The molecule has 21 heavy (non-hydrogen) atoms. The van der Waals surface area contributed by atoms with Gasteiger partial charge in [-0.05, 0) is 49.7 Å². The number of fused-ring (bicyclic) bond motifs is 1. The first-order valence-corrected chi connectivity index (χ1v) is 8.22. The van der Waals surface area contributed by atoms with E-state index in [1.807, 2.05) is 19.1 Å². The number of aromatic nitrogens is 1. The number of nitrogens with one attached hydrogen (secondary N) is 1. The van der Waals surface area contributed by atoms with Gasteiger partial charge in [-0.1, -0.05) is 22.0 Å². The molecule has 1 unspecified atom stereocenters. The molecule has 0 radical (unpaired) electrons. The van der Waals surface area contributed by atoms with Gasteiger partial charge in [-0.2, -0.15) is 0 Å². The van der Waals surface area contributed by atoms with E-state index in [-0.39, 0.29) is 11.9 Å². The van der Waals surface area contributed by atoms with Crippen LogP contribution in [0.1, 0.15) is 23.5 Å². The zero-order chi connectivity index (χ0) is 15.0. The smallest absolute Gasteiger partial charge is 0.124 e. The summed E-state index contributed by atoms with van der Waals surface area (Å²) in [5.41, 5.74) is 3.09. The lowest BCUT2D eigenvalue weighted by atomic mass is 10.1. The molecule has 0 saturated carbocycles. The molecule has 0 spiro atoms. The van der Waals surface area contributed by atoms with Crippen LogP contribution in [0.4, 0.5) is 10.1 Å². The van der Waals surface area contributed by atoms with E-state index >= 15 is 0 Å². The van der Waals surface area contributed by atoms with Crippen LogP contribution in [0.5, 0.6) is 0 Å². The van der Waals surface area contributed by atoms with E-state index in [1.165, 1.54) is 16.8 Å². The number of aryl methyl sites for hydroxylation is 1. The van der Waals surface area contributed by atoms with E-state index in [2.05, 4.69) is 39.2 Å². The summed E-state index contributed by atoms with van der Waals surface area (Å²) >= 11 is 5.10. The Morgan fingerprint density at radius 1 is 1.24 bits per heavy atom. The van der Waals surface area contributed by atoms with Crippen LogP contribution >= 0.6 is 27.3 Å². The predicted octanol–water partition coefficient (Wildman–Crippen LogP) is 5.68. The fourth-order valence-electron chi connectivity index (χ4n) is 2.31. The largest absolute Gasteiger partial charge is 0.378 e. The van der Waals surface area contributed by atoms with Gasteiger partial charge in [0.2, 0.25) is 0 Å². The van der Waals surface area contributed by atoms with Crippen LogP contribution in [-0.2, 0) is 0 Å². The summed E-state index contributed by atoms with van der Waals surface area (Å²) in [6.45, 7) is 4.07. The van der Waals surface area contributed by atoms with Crippen LogP contribution in [0.2, 0.25) is 0 Å². The van der Waals surface area contributed by atoms with Gasteiger partial charge in [0.15, 0.2) is 0 Å². The average Bonchev–Trinajstić information content (AvgIpc) is 2.77. The monoisotopic (exact) mass is 364 g/mol. The number of hydrogen-bond donors (Lipinski definition) is 1. The molecule has 0 saturated heterocycles. The molecule has 3 rings (SSSR count). The number of benzene rings is 2. The minimum Gasteiger partial charge on any atom is -0.378 e. The van der Waals surface area contributed by atoms with E-state index in [9.17, 15) is 4.39 Å². The summed E-state index contributed by atoms with van der Waals surface area (Å²) in [6.07, 6.45) is 0. The zero-order valence-electron chi connectivity index (χ0n) is 11.7. The molecule has 0 amide bonds. The van der Waals surface area contributed by atoms with Gasteiger partial charge in [-0.3, -0.25) is 0 Å². The van der Waals surface area contributed by atoms with Crippen LogP contribution in [0.3, 0.4) is 0 Å². The first-order chi connectivity index (χ1) is 10.0. The highest BCUT2D eigenvalue weighted by molar-refractivity contribution is 9.10. The standard InChI is InChI=1S/C16H14BrFN2S/c1-9(13-5-3-11(18)7-14(13)17)19-12-4-6-15-16(8-12)21-10(2)20-15/h3-9,19H,1-2H3. The van der Waals surface area contributed by atoms with Gasteiger partial charge >= 0.3 is 0 Å². The quantitative estimate of drug-likeness (QED) is 0.646. The lowest BCUT2D eigenvalue weighted by Gasteiger charge is -2.17. The maximum Gasteiger partial charge on any atom is 0.124 e. The minimum atomic E-state index is -0.237. The van der Waals surface area contributed by atoms with Crippen molar-refractivity contribution in [3.63, 3.8) is 0 Å². The van der Waals surface area contributed by atoms with Crippen molar-refractivity contribution in [1.82, 2.24) is 4.98 Å². The lowest BCUT2D eigenvalue weighted by molar-refractivity contribution is 0.625. The van der Waals surface area contributed by atoms with Gasteiger partial charge in [0.05, 0.1) is 15.2 Å². The summed E-state index contributed by atoms with van der Waals surface area (Å²) in [4.78, 5) is 4.46. The van der Waals surface area contributed by atoms with Crippen molar-refractivity contribution < 1.29 is 4.39 Å². The third-order valence-corrected chi connectivity index (χ3v) is 4.93. The van der Waals surface area contributed by atoms with Crippen molar-refractivity contribution in [3.05, 3.63) is 57.3 Å². The Bertz CT molecular complexity index is 800. The molecule has 1 aromatic heterocycles.